The molecule has 4 N–H and O–H groups in total. The standard InChI is InChI=1S/C17H29N3O6/c1-17(2,3)26-16(25)18-11-4-5-13(10(8-11)9-21)20-7-6-12(14(20)22)19-15(23)24/h10-13,19,21H,4-9H2,1-3H3,(H,18,25)(H,23,24). The number of aliphatic hydroxyl groups is 1. The highest BCUT2D eigenvalue weighted by Crippen LogP contribution is 2.31. The van der Waals surface area contributed by atoms with Crippen molar-refractivity contribution in [3.63, 3.8) is 0 Å². The van der Waals surface area contributed by atoms with Gasteiger partial charge in [-0.05, 0) is 46.5 Å². The van der Waals surface area contributed by atoms with Gasteiger partial charge in [-0.1, -0.05) is 0 Å². The number of rotatable bonds is 4. The monoisotopic (exact) mass is 371 g/mol. The van der Waals surface area contributed by atoms with Crippen molar-refractivity contribution in [3.05, 3.63) is 0 Å². The van der Waals surface area contributed by atoms with E-state index in [1.165, 1.54) is 0 Å². The van der Waals surface area contributed by atoms with Gasteiger partial charge in [0.25, 0.3) is 0 Å². The summed E-state index contributed by atoms with van der Waals surface area (Å²) >= 11 is 0. The lowest BCUT2D eigenvalue weighted by Crippen LogP contribution is -2.52. The molecule has 0 spiro atoms. The van der Waals surface area contributed by atoms with Crippen LogP contribution < -0.4 is 10.6 Å². The average Bonchev–Trinajstić information content (AvgIpc) is 2.85. The first kappa shape index (κ1) is 20.3. The van der Waals surface area contributed by atoms with Crippen molar-refractivity contribution < 1.29 is 29.3 Å². The van der Waals surface area contributed by atoms with E-state index in [4.69, 9.17) is 9.84 Å². The first-order valence-electron chi connectivity index (χ1n) is 9.01. The molecule has 4 atom stereocenters. The maximum absolute atomic E-state index is 12.4. The predicted molar refractivity (Wildman–Crippen MR) is 92.7 cm³/mol. The van der Waals surface area contributed by atoms with Gasteiger partial charge in [0.2, 0.25) is 5.91 Å². The minimum absolute atomic E-state index is 0.0992. The topological polar surface area (TPSA) is 128 Å². The lowest BCUT2D eigenvalue weighted by Gasteiger charge is -2.40. The first-order chi connectivity index (χ1) is 12.1. The Bertz CT molecular complexity index is 547. The Morgan fingerprint density at radius 1 is 1.23 bits per heavy atom. The number of carbonyl (C=O) groups excluding carboxylic acids is 2. The SMILES string of the molecule is CC(C)(C)OC(=O)NC1CCC(N2CCC(NC(=O)O)C2=O)C(CO)C1. The lowest BCUT2D eigenvalue weighted by molar-refractivity contribution is -0.133. The van der Waals surface area contributed by atoms with Crippen LogP contribution in [0.3, 0.4) is 0 Å². The maximum Gasteiger partial charge on any atom is 0.407 e. The smallest absolute Gasteiger partial charge is 0.407 e. The van der Waals surface area contributed by atoms with Crippen molar-refractivity contribution in [2.75, 3.05) is 13.2 Å². The summed E-state index contributed by atoms with van der Waals surface area (Å²) in [5.74, 6) is -0.411. The Morgan fingerprint density at radius 3 is 2.50 bits per heavy atom. The van der Waals surface area contributed by atoms with Gasteiger partial charge in [-0.3, -0.25) is 4.79 Å². The van der Waals surface area contributed by atoms with Gasteiger partial charge >= 0.3 is 12.2 Å². The van der Waals surface area contributed by atoms with Gasteiger partial charge < -0.3 is 30.5 Å². The van der Waals surface area contributed by atoms with E-state index >= 15 is 0 Å². The second kappa shape index (κ2) is 8.11. The fraction of sp³-hybridized carbons (Fsp3) is 0.824. The summed E-state index contributed by atoms with van der Waals surface area (Å²) in [5.41, 5.74) is -0.578. The molecule has 4 unspecified atom stereocenters. The molecule has 1 saturated heterocycles. The zero-order valence-corrected chi connectivity index (χ0v) is 15.5. The minimum Gasteiger partial charge on any atom is -0.465 e. The average molecular weight is 371 g/mol. The number of likely N-dealkylation sites (tertiary alicyclic amines) is 1. The molecular weight excluding hydrogens is 342 g/mol. The number of nitrogens with zero attached hydrogens (tertiary/aromatic N) is 1. The summed E-state index contributed by atoms with van der Waals surface area (Å²) < 4.78 is 5.26. The van der Waals surface area contributed by atoms with Crippen LogP contribution in [-0.2, 0) is 9.53 Å². The fourth-order valence-electron chi connectivity index (χ4n) is 3.77. The maximum atomic E-state index is 12.4. The quantitative estimate of drug-likeness (QED) is 0.581. The van der Waals surface area contributed by atoms with Crippen LogP contribution in [-0.4, -0.2) is 70.1 Å². The van der Waals surface area contributed by atoms with Crippen molar-refractivity contribution in [1.82, 2.24) is 15.5 Å². The second-order valence-corrected chi connectivity index (χ2v) is 7.99. The van der Waals surface area contributed by atoms with E-state index < -0.39 is 23.8 Å². The molecule has 2 rings (SSSR count). The molecule has 0 aromatic heterocycles. The van der Waals surface area contributed by atoms with Crippen LogP contribution in [0.2, 0.25) is 0 Å². The Balaban J connectivity index is 1.93. The molecule has 0 aromatic rings. The molecule has 26 heavy (non-hydrogen) atoms. The van der Waals surface area contributed by atoms with Gasteiger partial charge in [-0.15, -0.1) is 0 Å². The number of carboxylic acid groups (broad SMARTS) is 1. The molecule has 1 heterocycles. The van der Waals surface area contributed by atoms with Crippen molar-refractivity contribution in [1.29, 1.82) is 0 Å². The van der Waals surface area contributed by atoms with Crippen molar-refractivity contribution in [2.45, 2.75) is 70.2 Å². The Labute approximate surface area is 153 Å². The largest absolute Gasteiger partial charge is 0.465 e. The number of hydrogen-bond acceptors (Lipinski definition) is 5. The molecule has 0 aromatic carbocycles. The summed E-state index contributed by atoms with van der Waals surface area (Å²) in [6.45, 7) is 5.74. The van der Waals surface area contributed by atoms with Crippen LogP contribution in [0.1, 0.15) is 46.5 Å². The number of amides is 3. The van der Waals surface area contributed by atoms with Crippen LogP contribution in [0.25, 0.3) is 0 Å². The van der Waals surface area contributed by atoms with Crippen molar-refractivity contribution >= 4 is 18.1 Å². The van der Waals surface area contributed by atoms with Crippen molar-refractivity contribution in [3.8, 4) is 0 Å². The Hall–Kier alpha value is -2.03. The van der Waals surface area contributed by atoms with Gasteiger partial charge in [0.15, 0.2) is 0 Å². The number of nitrogens with one attached hydrogen (secondary N) is 2. The Morgan fingerprint density at radius 2 is 1.92 bits per heavy atom. The highest BCUT2D eigenvalue weighted by molar-refractivity contribution is 5.87. The summed E-state index contributed by atoms with van der Waals surface area (Å²) in [6, 6.07) is -0.988. The summed E-state index contributed by atoms with van der Waals surface area (Å²) in [5, 5.41) is 23.6. The van der Waals surface area contributed by atoms with Crippen LogP contribution in [0, 0.1) is 5.92 Å². The van der Waals surface area contributed by atoms with E-state index in [1.54, 1.807) is 25.7 Å². The zero-order valence-electron chi connectivity index (χ0n) is 15.5. The number of aliphatic hydroxyl groups excluding tert-OH is 1. The third kappa shape index (κ3) is 5.23. The number of hydrogen-bond donors (Lipinski definition) is 4. The highest BCUT2D eigenvalue weighted by Gasteiger charge is 2.42. The van der Waals surface area contributed by atoms with Crippen LogP contribution in [0.5, 0.6) is 0 Å². The van der Waals surface area contributed by atoms with Crippen LogP contribution in [0.4, 0.5) is 9.59 Å². The molecule has 1 aliphatic carbocycles. The van der Waals surface area contributed by atoms with E-state index in [2.05, 4.69) is 10.6 Å². The summed E-state index contributed by atoms with van der Waals surface area (Å²) in [6.07, 6.45) is 0.578. The second-order valence-electron chi connectivity index (χ2n) is 7.99. The summed E-state index contributed by atoms with van der Waals surface area (Å²) in [4.78, 5) is 36.8. The van der Waals surface area contributed by atoms with Crippen molar-refractivity contribution in [2.24, 2.45) is 5.92 Å². The van der Waals surface area contributed by atoms with Gasteiger partial charge in [-0.25, -0.2) is 9.59 Å². The Kier molecular flexibility index (Phi) is 6.33. The highest BCUT2D eigenvalue weighted by atomic mass is 16.6. The molecule has 148 valence electrons. The third-order valence-electron chi connectivity index (χ3n) is 4.84. The molecule has 3 amide bonds. The van der Waals surface area contributed by atoms with Gasteiger partial charge in [-0.2, -0.15) is 0 Å². The van der Waals surface area contributed by atoms with E-state index in [0.29, 0.717) is 32.2 Å². The van der Waals surface area contributed by atoms with Crippen LogP contribution >= 0.6 is 0 Å². The summed E-state index contributed by atoms with van der Waals surface area (Å²) in [7, 11) is 0. The van der Waals surface area contributed by atoms with Gasteiger partial charge in [0.05, 0.1) is 0 Å². The molecule has 9 nitrogen and oxygen atoms in total. The molecule has 2 fully saturated rings. The fourth-order valence-corrected chi connectivity index (χ4v) is 3.77. The van der Waals surface area contributed by atoms with Gasteiger partial charge in [0.1, 0.15) is 11.6 Å². The van der Waals surface area contributed by atoms with Crippen LogP contribution in [0.15, 0.2) is 0 Å². The molecule has 0 radical (unpaired) electrons. The molecule has 2 aliphatic rings. The number of carbonyl (C=O) groups is 3. The normalized spacial score (nSPS) is 29.4. The molecule has 9 heteroatoms. The molecule has 1 saturated carbocycles. The third-order valence-corrected chi connectivity index (χ3v) is 4.84. The lowest BCUT2D eigenvalue weighted by atomic mass is 9.81. The van der Waals surface area contributed by atoms with Gasteiger partial charge in [0, 0.05) is 31.2 Å². The molecule has 0 bridgehead atoms. The minimum atomic E-state index is -1.21. The number of ether oxygens (including phenoxy) is 1. The zero-order chi connectivity index (χ0) is 19.5. The molecule has 1 aliphatic heterocycles. The van der Waals surface area contributed by atoms with E-state index in [-0.39, 0.29) is 30.5 Å². The van der Waals surface area contributed by atoms with E-state index in [9.17, 15) is 19.5 Å². The van der Waals surface area contributed by atoms with E-state index in [1.807, 2.05) is 0 Å². The predicted octanol–water partition coefficient (Wildman–Crippen LogP) is 0.909. The number of alkyl carbamates (subject to hydrolysis) is 1. The first-order valence-corrected chi connectivity index (χ1v) is 9.01. The van der Waals surface area contributed by atoms with E-state index in [0.717, 1.165) is 0 Å². The molecular formula is C17H29N3O6.